The Labute approximate surface area is 539 Å². The molecule has 480 valence electrons. The molecule has 3 aromatic carbocycles. The van der Waals surface area contributed by atoms with Crippen LogP contribution in [0.15, 0.2) is 69.0 Å². The lowest BCUT2D eigenvalue weighted by atomic mass is 10.00. The summed E-state index contributed by atoms with van der Waals surface area (Å²) >= 11 is 18.6. The van der Waals surface area contributed by atoms with Gasteiger partial charge in [-0.05, 0) is 81.4 Å². The summed E-state index contributed by atoms with van der Waals surface area (Å²) in [7, 11) is 6.74. The molecule has 0 radical (unpaired) electrons. The van der Waals surface area contributed by atoms with E-state index in [1.165, 1.54) is 56.2 Å². The highest BCUT2D eigenvalue weighted by molar-refractivity contribution is 6.31. The maximum Gasteiger partial charge on any atom is 0.280 e. The van der Waals surface area contributed by atoms with Gasteiger partial charge in [-0.15, -0.1) is 0 Å². The van der Waals surface area contributed by atoms with Gasteiger partial charge in [0.25, 0.3) is 16.7 Å². The molecule has 1 spiro atoms. The van der Waals surface area contributed by atoms with Gasteiger partial charge in [0.15, 0.2) is 16.6 Å². The van der Waals surface area contributed by atoms with Gasteiger partial charge in [-0.1, -0.05) is 47.6 Å². The van der Waals surface area contributed by atoms with E-state index in [9.17, 15) is 14.4 Å². The Bertz CT molecular complexity index is 4580. The number of hydrogen-bond acceptors (Lipinski definition) is 20. The van der Waals surface area contributed by atoms with E-state index in [0.29, 0.717) is 82.3 Å². The summed E-state index contributed by atoms with van der Waals surface area (Å²) in [6.45, 7) is 6.10. The van der Waals surface area contributed by atoms with Crippen LogP contribution in [0.5, 0.6) is 0 Å². The fourth-order valence-electron chi connectivity index (χ4n) is 12.5. The molecule has 92 heavy (non-hydrogen) atoms. The lowest BCUT2D eigenvalue weighted by Crippen LogP contribution is -2.51. The number of likely N-dealkylation sites (N-methyl/N-ethyl adjacent to an activating group) is 1. The van der Waals surface area contributed by atoms with Crippen molar-refractivity contribution in [1.82, 2.24) is 63.5 Å². The molecule has 1 aliphatic carbocycles. The van der Waals surface area contributed by atoms with Crippen LogP contribution in [0.4, 0.5) is 31.0 Å². The number of aryl methyl sites for hydroxylation is 1. The van der Waals surface area contributed by atoms with E-state index in [1.54, 1.807) is 40.2 Å². The normalized spacial score (nSPS) is 17.8. The molecule has 0 amide bonds. The number of hydrogen-bond donors (Lipinski definition) is 0. The van der Waals surface area contributed by atoms with Crippen LogP contribution in [0.1, 0.15) is 43.2 Å². The highest BCUT2D eigenvalue weighted by Crippen LogP contribution is 2.39. The number of fused-ring (bicyclic) bond motifs is 3. The van der Waals surface area contributed by atoms with E-state index in [4.69, 9.17) is 88.6 Å². The summed E-state index contributed by atoms with van der Waals surface area (Å²) in [6, 6.07) is 12.7. The van der Waals surface area contributed by atoms with Crippen molar-refractivity contribution in [3.05, 3.63) is 136 Å². The molecule has 1 saturated carbocycles. The fourth-order valence-corrected chi connectivity index (χ4v) is 13.0. The van der Waals surface area contributed by atoms with Crippen molar-refractivity contribution >= 4 is 85.7 Å². The zero-order chi connectivity index (χ0) is 64.3. The van der Waals surface area contributed by atoms with E-state index in [2.05, 4.69) is 9.97 Å². The molecule has 13 rings (SSSR count). The molecule has 0 N–H and O–H groups in total. The van der Waals surface area contributed by atoms with Crippen molar-refractivity contribution < 1.29 is 32.1 Å². The van der Waals surface area contributed by atoms with Crippen molar-refractivity contribution in [2.45, 2.75) is 63.3 Å². The van der Waals surface area contributed by atoms with E-state index in [-0.39, 0.29) is 145 Å². The molecule has 2 atom stereocenters. The molecule has 9 heterocycles. The second kappa shape index (κ2) is 25.9. The van der Waals surface area contributed by atoms with Gasteiger partial charge in [-0.25, -0.2) is 58.0 Å². The number of morpholine rings is 3. The second-order valence-corrected chi connectivity index (χ2v) is 25.1. The van der Waals surface area contributed by atoms with Gasteiger partial charge < -0.3 is 38.5 Å². The van der Waals surface area contributed by atoms with Crippen molar-refractivity contribution in [3.8, 4) is 33.8 Å². The number of ether oxygens (including phenoxy) is 4. The minimum Gasteiger partial charge on any atom is -0.378 e. The molecule has 6 aromatic heterocycles. The van der Waals surface area contributed by atoms with E-state index < -0.39 is 40.2 Å². The molecule has 9 aromatic rings. The molecule has 3 aliphatic heterocycles. The molecule has 3 saturated heterocycles. The van der Waals surface area contributed by atoms with Crippen LogP contribution in [0.25, 0.3) is 66.9 Å². The average Bonchev–Trinajstić information content (AvgIpc) is 0.778. The van der Waals surface area contributed by atoms with Gasteiger partial charge in [-0.2, -0.15) is 0 Å². The molecule has 4 aliphatic rings. The molecule has 29 heteroatoms. The summed E-state index contributed by atoms with van der Waals surface area (Å²) in [5.74, 6) is -0.0901. The summed E-state index contributed by atoms with van der Waals surface area (Å²) in [4.78, 5) is 93.5. The summed E-state index contributed by atoms with van der Waals surface area (Å²) in [5.41, 5.74) is -0.395. The Hall–Kier alpha value is -7.82. The smallest absolute Gasteiger partial charge is 0.280 e. The number of halogens is 6. The first kappa shape index (κ1) is 63.0. The zero-order valence-electron chi connectivity index (χ0n) is 51.1. The molecular formula is C63H64Cl3F3N16O7. The molecule has 2 unspecified atom stereocenters. The SMILES string of the molecule is Cc1nc2c(-c3ccc(Cl)cc3F)nc(N3CCOC(COCCc4nc5c(-c6ccc(Cl)cc6F)nc(N6CCOC(CN(C)CCc7nc8c(-c9ccc(Cl)cc9F)nc(N9CCOC%10(CCCC%10)C9)nc8c(=O)n7C)C6)nc5c(=O)n4C)C3)nc2c(=O)n1C. The van der Waals surface area contributed by atoms with Crippen LogP contribution >= 0.6 is 34.8 Å². The first-order valence-corrected chi connectivity index (χ1v) is 31.5. The van der Waals surface area contributed by atoms with Crippen LogP contribution < -0.4 is 31.4 Å². The van der Waals surface area contributed by atoms with Crippen LogP contribution in [0.3, 0.4) is 0 Å². The Morgan fingerprint density at radius 3 is 1.52 bits per heavy atom. The number of rotatable bonds is 16. The van der Waals surface area contributed by atoms with E-state index in [1.807, 2.05) is 26.6 Å². The number of benzene rings is 3. The number of nitrogens with zero attached hydrogens (tertiary/aromatic N) is 16. The first-order valence-electron chi connectivity index (χ1n) is 30.3. The summed E-state index contributed by atoms with van der Waals surface area (Å²) < 4.78 is 76.5. The lowest BCUT2D eigenvalue weighted by molar-refractivity contribution is -0.0505. The Morgan fingerprint density at radius 2 is 1.01 bits per heavy atom. The van der Waals surface area contributed by atoms with Crippen molar-refractivity contribution in [2.75, 3.05) is 107 Å². The van der Waals surface area contributed by atoms with Crippen LogP contribution in [-0.4, -0.2) is 174 Å². The Kier molecular flexibility index (Phi) is 17.7. The third kappa shape index (κ3) is 12.5. The third-order valence-electron chi connectivity index (χ3n) is 17.6. The van der Waals surface area contributed by atoms with Crippen LogP contribution in [0.2, 0.25) is 15.1 Å². The van der Waals surface area contributed by atoms with Gasteiger partial charge in [0.1, 0.15) is 68.6 Å². The molecular weight excluding hydrogens is 1260 g/mol. The minimum atomic E-state index is -0.676. The van der Waals surface area contributed by atoms with Gasteiger partial charge in [0, 0.05) is 118 Å². The second-order valence-electron chi connectivity index (χ2n) is 23.8. The summed E-state index contributed by atoms with van der Waals surface area (Å²) in [6.07, 6.45) is 3.55. The average molecular weight is 1320 g/mol. The molecule has 23 nitrogen and oxygen atoms in total. The fraction of sp³-hybridized carbons (Fsp3) is 0.429. The predicted octanol–water partition coefficient (Wildman–Crippen LogP) is 7.48. The van der Waals surface area contributed by atoms with Crippen molar-refractivity contribution in [3.63, 3.8) is 0 Å². The Balaban J connectivity index is 0.703. The van der Waals surface area contributed by atoms with Crippen molar-refractivity contribution in [2.24, 2.45) is 21.1 Å². The first-order chi connectivity index (χ1) is 44.3. The standard InChI is InChI=1S/C63H64Cl3F3N16O7/c1-34-70-51-48(40-11-8-35(64)26-43(40)67)73-61(76-54(51)57(86)80(34)3)84-20-24-91-39(31-84)32-89-22-15-47-72-53-49(41-12-9-36(65)27-44(41)68)74-60(77-55(53)59(88)82(47)5)83-19-23-90-38(30-83)29-79(2)18-14-46-71-52-50(42-13-10-37(66)28-45(42)69)75-62(78-56(52)58(87)81(46)4)85-21-25-92-63(33-85)16-6-7-17-63/h8-13,26-28,38-39H,6-7,14-25,29-33H2,1-5H3. The van der Waals surface area contributed by atoms with Crippen molar-refractivity contribution in [1.29, 1.82) is 0 Å². The van der Waals surface area contributed by atoms with Crippen LogP contribution in [0, 0.1) is 24.4 Å². The van der Waals surface area contributed by atoms with Crippen LogP contribution in [-0.2, 0) is 52.9 Å². The summed E-state index contributed by atoms with van der Waals surface area (Å²) in [5, 5.41) is 0.578. The number of aromatic nitrogens is 12. The monoisotopic (exact) mass is 1320 g/mol. The highest BCUT2D eigenvalue weighted by atomic mass is 35.5. The van der Waals surface area contributed by atoms with E-state index in [0.717, 1.165) is 25.7 Å². The third-order valence-corrected chi connectivity index (χ3v) is 18.3. The highest BCUT2D eigenvalue weighted by Gasteiger charge is 2.41. The predicted molar refractivity (Wildman–Crippen MR) is 343 cm³/mol. The number of anilines is 3. The topological polar surface area (TPSA) is 232 Å². The molecule has 4 fully saturated rings. The lowest BCUT2D eigenvalue weighted by Gasteiger charge is -2.40. The van der Waals surface area contributed by atoms with Gasteiger partial charge in [0.05, 0.1) is 50.8 Å². The van der Waals surface area contributed by atoms with Gasteiger partial charge in [0.2, 0.25) is 17.8 Å². The largest absolute Gasteiger partial charge is 0.378 e. The maximum absolute atomic E-state index is 16.1. The maximum atomic E-state index is 16.1. The van der Waals surface area contributed by atoms with Gasteiger partial charge in [-0.3, -0.25) is 28.1 Å². The zero-order valence-corrected chi connectivity index (χ0v) is 53.3. The minimum absolute atomic E-state index is 0.0260. The van der Waals surface area contributed by atoms with E-state index >= 15 is 13.2 Å². The van der Waals surface area contributed by atoms with Gasteiger partial charge >= 0.3 is 0 Å². The quantitative estimate of drug-likeness (QED) is 0.0853. The Morgan fingerprint density at radius 1 is 0.565 bits per heavy atom. The molecule has 0 bridgehead atoms.